The van der Waals surface area contributed by atoms with Gasteiger partial charge in [-0.2, -0.15) is 0 Å². The second-order valence-electron chi connectivity index (χ2n) is 8.42. The lowest BCUT2D eigenvalue weighted by Crippen LogP contribution is -2.36. The van der Waals surface area contributed by atoms with Crippen molar-refractivity contribution >= 4 is 27.7 Å². The molecule has 31 heavy (non-hydrogen) atoms. The lowest BCUT2D eigenvalue weighted by molar-refractivity contribution is 0.123. The van der Waals surface area contributed by atoms with Crippen LogP contribution in [0, 0.1) is 5.41 Å². The van der Waals surface area contributed by atoms with Gasteiger partial charge in [0.15, 0.2) is 0 Å². The van der Waals surface area contributed by atoms with Crippen molar-refractivity contribution in [2.45, 2.75) is 32.2 Å². The fraction of sp³-hybridized carbons (Fsp3) is 0.273. The maximum atomic E-state index is 13.4. The molecule has 0 bridgehead atoms. The summed E-state index contributed by atoms with van der Waals surface area (Å²) in [6.07, 6.45) is 1.61. The molecule has 9 heteroatoms. The monoisotopic (exact) mass is 461 g/mol. The van der Waals surface area contributed by atoms with Crippen molar-refractivity contribution in [2.24, 2.45) is 5.41 Å². The fourth-order valence-corrected chi connectivity index (χ4v) is 4.67. The molecule has 0 aliphatic heterocycles. The van der Waals surface area contributed by atoms with Crippen LogP contribution in [0.2, 0.25) is 5.15 Å². The number of carboxylic acid groups (broad SMARTS) is 1. The van der Waals surface area contributed by atoms with Crippen molar-refractivity contribution in [2.75, 3.05) is 6.54 Å². The number of rotatable bonds is 6. The van der Waals surface area contributed by atoms with Gasteiger partial charge >= 0.3 is 6.09 Å². The van der Waals surface area contributed by atoms with Gasteiger partial charge in [0.2, 0.25) is 0 Å². The summed E-state index contributed by atoms with van der Waals surface area (Å²) in [7, 11) is -3.98. The summed E-state index contributed by atoms with van der Waals surface area (Å²) in [5, 5.41) is 9.82. The molecule has 2 aromatic heterocycles. The van der Waals surface area contributed by atoms with Crippen molar-refractivity contribution < 1.29 is 18.3 Å². The molecule has 1 aromatic carbocycles. The van der Waals surface area contributed by atoms with Crippen LogP contribution < -0.4 is 0 Å². The Labute approximate surface area is 187 Å². The highest BCUT2D eigenvalue weighted by molar-refractivity contribution is 7.90. The number of nitrogens with zero attached hydrogens (tertiary/aromatic N) is 3. The first-order valence-corrected chi connectivity index (χ1v) is 11.4. The second kappa shape index (κ2) is 8.72. The van der Waals surface area contributed by atoms with E-state index in [1.807, 2.05) is 39.0 Å². The van der Waals surface area contributed by atoms with Gasteiger partial charge in [-0.05, 0) is 34.7 Å². The van der Waals surface area contributed by atoms with E-state index in [-0.39, 0.29) is 22.0 Å². The molecule has 0 saturated carbocycles. The van der Waals surface area contributed by atoms with Gasteiger partial charge in [-0.15, -0.1) is 0 Å². The molecule has 0 saturated heterocycles. The maximum Gasteiger partial charge on any atom is 0.407 e. The van der Waals surface area contributed by atoms with Crippen LogP contribution in [0.3, 0.4) is 0 Å². The average Bonchev–Trinajstić information content (AvgIpc) is 3.12. The first kappa shape index (κ1) is 22.8. The minimum Gasteiger partial charge on any atom is -0.465 e. The number of hydrogen-bond donors (Lipinski definition) is 1. The molecular formula is C22H24ClN3O4S. The highest BCUT2D eigenvalue weighted by Crippen LogP contribution is 2.28. The summed E-state index contributed by atoms with van der Waals surface area (Å²) >= 11 is 5.80. The Kier molecular flexibility index (Phi) is 6.43. The Hall–Kier alpha value is -2.84. The Bertz CT molecular complexity index is 1170. The standard InChI is InChI=1S/C22H24ClN3O4S/c1-22(2,3)15-25(21(27)28)13-16-11-19(17-7-5-4-6-8-17)26(14-16)31(29,30)18-9-10-20(23)24-12-18/h4-12,14H,13,15H2,1-3H3,(H,27,28). The van der Waals surface area contributed by atoms with Gasteiger partial charge in [-0.3, -0.25) is 0 Å². The van der Waals surface area contributed by atoms with E-state index in [2.05, 4.69) is 4.98 Å². The van der Waals surface area contributed by atoms with Gasteiger partial charge in [-0.25, -0.2) is 22.2 Å². The molecule has 3 aromatic rings. The minimum atomic E-state index is -3.98. The van der Waals surface area contributed by atoms with E-state index in [0.717, 1.165) is 0 Å². The van der Waals surface area contributed by atoms with Gasteiger partial charge in [-0.1, -0.05) is 62.7 Å². The van der Waals surface area contributed by atoms with E-state index >= 15 is 0 Å². The van der Waals surface area contributed by atoms with Gasteiger partial charge in [0.25, 0.3) is 10.0 Å². The molecule has 3 rings (SSSR count). The fourth-order valence-electron chi connectivity index (χ4n) is 3.21. The van der Waals surface area contributed by atoms with Crippen molar-refractivity contribution in [1.29, 1.82) is 0 Å². The van der Waals surface area contributed by atoms with Gasteiger partial charge in [0, 0.05) is 18.9 Å². The van der Waals surface area contributed by atoms with E-state index in [9.17, 15) is 18.3 Å². The van der Waals surface area contributed by atoms with Gasteiger partial charge in [0.05, 0.1) is 12.2 Å². The molecule has 0 aliphatic rings. The highest BCUT2D eigenvalue weighted by Gasteiger charge is 2.25. The zero-order valence-electron chi connectivity index (χ0n) is 17.5. The van der Waals surface area contributed by atoms with E-state index in [0.29, 0.717) is 23.4 Å². The summed E-state index contributed by atoms with van der Waals surface area (Å²) in [6, 6.07) is 13.6. The number of aromatic nitrogens is 2. The summed E-state index contributed by atoms with van der Waals surface area (Å²) in [5.74, 6) is 0. The summed E-state index contributed by atoms with van der Waals surface area (Å²) in [4.78, 5) is 16.9. The van der Waals surface area contributed by atoms with Crippen LogP contribution in [-0.4, -0.2) is 40.0 Å². The van der Waals surface area contributed by atoms with Crippen LogP contribution in [0.1, 0.15) is 26.3 Å². The van der Waals surface area contributed by atoms with Crippen molar-refractivity contribution in [1.82, 2.24) is 13.9 Å². The average molecular weight is 462 g/mol. The number of hydrogen-bond acceptors (Lipinski definition) is 4. The van der Waals surface area contributed by atoms with Gasteiger partial charge < -0.3 is 10.0 Å². The molecule has 1 amide bonds. The smallest absolute Gasteiger partial charge is 0.407 e. The lowest BCUT2D eigenvalue weighted by Gasteiger charge is -2.27. The lowest BCUT2D eigenvalue weighted by atomic mass is 9.96. The molecule has 0 atom stereocenters. The van der Waals surface area contributed by atoms with Crippen LogP contribution in [0.4, 0.5) is 4.79 Å². The molecule has 0 unspecified atom stereocenters. The van der Waals surface area contributed by atoms with Crippen molar-refractivity contribution in [3.05, 3.63) is 71.6 Å². The Morgan fingerprint density at radius 3 is 2.39 bits per heavy atom. The quantitative estimate of drug-likeness (QED) is 0.523. The molecule has 7 nitrogen and oxygen atoms in total. The maximum absolute atomic E-state index is 13.4. The third-order valence-electron chi connectivity index (χ3n) is 4.48. The topological polar surface area (TPSA) is 92.5 Å². The highest BCUT2D eigenvalue weighted by atomic mass is 35.5. The third kappa shape index (κ3) is 5.45. The SMILES string of the molecule is CC(C)(C)CN(Cc1cc(-c2ccccc2)n(S(=O)(=O)c2ccc(Cl)nc2)c1)C(=O)O. The Morgan fingerprint density at radius 1 is 1.16 bits per heavy atom. The minimum absolute atomic E-state index is 0.0130. The molecular weight excluding hydrogens is 438 g/mol. The molecule has 2 heterocycles. The predicted molar refractivity (Wildman–Crippen MR) is 120 cm³/mol. The van der Waals surface area contributed by atoms with Crippen LogP contribution in [0.25, 0.3) is 11.3 Å². The summed E-state index contributed by atoms with van der Waals surface area (Å²) in [6.45, 7) is 6.21. The molecule has 0 radical (unpaired) electrons. The second-order valence-corrected chi connectivity index (χ2v) is 10.6. The third-order valence-corrected chi connectivity index (χ3v) is 6.36. The number of amides is 1. The van der Waals surface area contributed by atoms with Crippen molar-refractivity contribution in [3.63, 3.8) is 0 Å². The van der Waals surface area contributed by atoms with Crippen LogP contribution in [-0.2, 0) is 16.6 Å². The number of pyridine rings is 1. The zero-order chi connectivity index (χ0) is 22.8. The number of benzene rings is 1. The largest absolute Gasteiger partial charge is 0.465 e. The normalized spacial score (nSPS) is 12.0. The molecule has 0 aliphatic carbocycles. The van der Waals surface area contributed by atoms with E-state index in [4.69, 9.17) is 11.6 Å². The van der Waals surface area contributed by atoms with Crippen LogP contribution in [0.15, 0.2) is 65.8 Å². The number of carbonyl (C=O) groups is 1. The summed E-state index contributed by atoms with van der Waals surface area (Å²) < 4.78 is 27.9. The number of halogens is 1. The van der Waals surface area contributed by atoms with Crippen molar-refractivity contribution in [3.8, 4) is 11.3 Å². The van der Waals surface area contributed by atoms with Crippen LogP contribution in [0.5, 0.6) is 0 Å². The first-order valence-electron chi connectivity index (χ1n) is 9.59. The molecule has 164 valence electrons. The van der Waals surface area contributed by atoms with Gasteiger partial charge in [0.1, 0.15) is 10.0 Å². The molecule has 0 fully saturated rings. The van der Waals surface area contributed by atoms with E-state index in [1.54, 1.807) is 18.2 Å². The Balaban J connectivity index is 2.09. The zero-order valence-corrected chi connectivity index (χ0v) is 19.1. The Morgan fingerprint density at radius 2 is 1.84 bits per heavy atom. The summed E-state index contributed by atoms with van der Waals surface area (Å²) in [5.41, 5.74) is 1.45. The predicted octanol–water partition coefficient (Wildman–Crippen LogP) is 4.97. The molecule has 1 N–H and O–H groups in total. The van der Waals surface area contributed by atoms with Crippen LogP contribution >= 0.6 is 11.6 Å². The molecule has 0 spiro atoms. The van der Waals surface area contributed by atoms with E-state index < -0.39 is 16.1 Å². The van der Waals surface area contributed by atoms with E-state index in [1.165, 1.54) is 33.4 Å². The first-order chi connectivity index (χ1) is 14.5.